The van der Waals surface area contributed by atoms with E-state index in [-0.39, 0.29) is 5.82 Å². The van der Waals surface area contributed by atoms with Crippen LogP contribution < -0.4 is 5.73 Å². The number of aromatic nitrogens is 4. The molecule has 0 spiro atoms. The van der Waals surface area contributed by atoms with Crippen molar-refractivity contribution in [2.75, 3.05) is 25.7 Å². The minimum Gasteiger partial charge on any atom is -0.382 e. The molecule has 3 unspecified atom stereocenters. The van der Waals surface area contributed by atoms with Crippen molar-refractivity contribution in [3.63, 3.8) is 0 Å². The lowest BCUT2D eigenvalue weighted by molar-refractivity contribution is -0.256. The van der Waals surface area contributed by atoms with Gasteiger partial charge in [0, 0.05) is 7.11 Å². The number of hydrogen-bond donors (Lipinski definition) is 3. The first-order valence-electron chi connectivity index (χ1n) is 9.78. The molecule has 0 saturated carbocycles. The Hall–Kier alpha value is -0.910. The highest BCUT2D eigenvalue weighted by Crippen LogP contribution is 2.86. The van der Waals surface area contributed by atoms with Gasteiger partial charge in [-0.2, -0.15) is 8.78 Å². The number of rotatable bonds is 6. The lowest BCUT2D eigenvalue weighted by Gasteiger charge is -2.33. The molecule has 0 aromatic carbocycles. The predicted octanol–water partition coefficient (Wildman–Crippen LogP) is 1.95. The van der Waals surface area contributed by atoms with Crippen molar-refractivity contribution in [2.24, 2.45) is 0 Å². The summed E-state index contributed by atoms with van der Waals surface area (Å²) in [5, 5.41) is -4.64. The first-order chi connectivity index (χ1) is 16.9. The summed E-state index contributed by atoms with van der Waals surface area (Å²) < 4.78 is 88.7. The van der Waals surface area contributed by atoms with Gasteiger partial charge in [-0.1, -0.05) is 11.8 Å². The summed E-state index contributed by atoms with van der Waals surface area (Å²) >= 11 is 1.25. The third-order valence-electron chi connectivity index (χ3n) is 5.28. The van der Waals surface area contributed by atoms with E-state index in [4.69, 9.17) is 29.2 Å². The number of thioether (sulfide) groups is 1. The van der Waals surface area contributed by atoms with Crippen molar-refractivity contribution in [3.05, 3.63) is 6.33 Å². The highest BCUT2D eigenvalue weighted by Gasteiger charge is 2.72. The highest BCUT2D eigenvalue weighted by atomic mass is 32.2. The fourth-order valence-corrected chi connectivity index (χ4v) is 9.17. The molecule has 0 amide bonds. The van der Waals surface area contributed by atoms with Crippen molar-refractivity contribution in [1.29, 1.82) is 0 Å². The predicted molar refractivity (Wildman–Crippen MR) is 116 cm³/mol. The number of imidazole rings is 1. The fourth-order valence-electron chi connectivity index (χ4n) is 3.61. The van der Waals surface area contributed by atoms with Crippen LogP contribution in [0.1, 0.15) is 6.23 Å². The molecule has 3 fully saturated rings. The zero-order valence-electron chi connectivity index (χ0n) is 18.1. The van der Waals surface area contributed by atoms with Crippen LogP contribution in [0, 0.1) is 0 Å². The minimum absolute atomic E-state index is 0.143. The third kappa shape index (κ3) is 4.29. The Morgan fingerprint density at radius 3 is 2.53 bits per heavy atom. The van der Waals surface area contributed by atoms with Gasteiger partial charge in [-0.05, 0) is 6.26 Å². The zero-order valence-corrected chi connectivity index (χ0v) is 21.6. The molecule has 3 saturated heterocycles. The summed E-state index contributed by atoms with van der Waals surface area (Å²) in [5.41, 5.74) is 6.61. The largest absolute Gasteiger partial charge is 0.444 e. The molecular formula is C14H18F2N5O11P3S. The summed E-state index contributed by atoms with van der Waals surface area (Å²) in [6.45, 7) is -1.62. The van der Waals surface area contributed by atoms with Gasteiger partial charge < -0.3 is 39.0 Å². The number of ether oxygens (including phenoxy) is 4. The molecule has 5 rings (SSSR count). The molecule has 2 aromatic rings. The first-order valence-corrected chi connectivity index (χ1v) is 15.3. The van der Waals surface area contributed by atoms with Crippen molar-refractivity contribution >= 4 is 52.5 Å². The number of alkyl halides is 2. The van der Waals surface area contributed by atoms with Gasteiger partial charge in [0.25, 0.3) is 6.48 Å². The standard InChI is InChI=1S/C14H18F2N5O11P3S/c1-26-13-29-7-5(3-27-33-31-34(22,23)14(15,16)35(24,25)32-33)28-11(8(7)30-13)21-4-18-6-9(17)19-12(36-2)20-10(6)21/h4-5,7-8,11,13H,3H2,1-2H3,(H,22,23)(H,24,25)(H2,17,19,20)/t5-,7-,8-,11-,13?/m1/s1. The summed E-state index contributed by atoms with van der Waals surface area (Å²) in [5.74, 6) is 0.143. The summed E-state index contributed by atoms with van der Waals surface area (Å²) in [6.07, 6.45) is -0.441. The van der Waals surface area contributed by atoms with Crippen LogP contribution >= 0.6 is 35.6 Å². The molecule has 200 valence electrons. The SMILES string of the molecule is COC1O[C@@H]2[C@H](O1)[C@@H](COP1OP(=O)(O)C(F)(F)P(=O)(O)O1)O[C@H]2n1cnc2c(N)nc(SC)nc21. The van der Waals surface area contributed by atoms with E-state index in [1.54, 1.807) is 6.26 Å². The molecule has 36 heavy (non-hydrogen) atoms. The second-order valence-corrected chi connectivity index (χ2v) is 13.8. The minimum atomic E-state index is -5.88. The van der Waals surface area contributed by atoms with Gasteiger partial charge in [-0.15, -0.1) is 0 Å². The summed E-state index contributed by atoms with van der Waals surface area (Å²) in [7, 11) is -13.6. The molecular weight excluding hydrogens is 577 g/mol. The molecule has 2 aromatic heterocycles. The Labute approximate surface area is 205 Å². The van der Waals surface area contributed by atoms with Crippen molar-refractivity contribution in [1.82, 2.24) is 19.5 Å². The maximum Gasteiger partial charge on any atom is 0.444 e. The van der Waals surface area contributed by atoms with Gasteiger partial charge in [0.15, 0.2) is 22.8 Å². The van der Waals surface area contributed by atoms with Crippen LogP contribution in [-0.2, 0) is 41.2 Å². The van der Waals surface area contributed by atoms with Crippen LogP contribution in [0.3, 0.4) is 0 Å². The van der Waals surface area contributed by atoms with Crippen molar-refractivity contribution in [2.45, 2.75) is 41.6 Å². The molecule has 7 atom stereocenters. The Balaban J connectivity index is 1.38. The number of halogens is 2. The molecule has 0 radical (unpaired) electrons. The van der Waals surface area contributed by atoms with E-state index in [0.29, 0.717) is 16.3 Å². The molecule has 5 heterocycles. The average Bonchev–Trinajstić information content (AvgIpc) is 3.49. The molecule has 22 heteroatoms. The van der Waals surface area contributed by atoms with Crippen LogP contribution in [0.15, 0.2) is 11.5 Å². The van der Waals surface area contributed by atoms with E-state index >= 15 is 0 Å². The molecule has 4 N–H and O–H groups in total. The van der Waals surface area contributed by atoms with Gasteiger partial charge >= 0.3 is 29.2 Å². The van der Waals surface area contributed by atoms with E-state index in [1.807, 2.05) is 0 Å². The molecule has 16 nitrogen and oxygen atoms in total. The molecule has 0 aliphatic carbocycles. The topological polar surface area (TPSA) is 209 Å². The van der Waals surface area contributed by atoms with Crippen LogP contribution in [-0.4, -0.2) is 79.5 Å². The fraction of sp³-hybridized carbons (Fsp3) is 0.643. The van der Waals surface area contributed by atoms with Gasteiger partial charge in [-0.25, -0.2) is 23.6 Å². The van der Waals surface area contributed by atoms with E-state index in [9.17, 15) is 27.7 Å². The zero-order chi connectivity index (χ0) is 26.0. The van der Waals surface area contributed by atoms with Gasteiger partial charge in [0.05, 0.1) is 12.9 Å². The number of nitrogen functional groups attached to an aromatic ring is 1. The Bertz CT molecular complexity index is 1250. The van der Waals surface area contributed by atoms with Crippen LogP contribution in [0.4, 0.5) is 14.6 Å². The van der Waals surface area contributed by atoms with Gasteiger partial charge in [-0.3, -0.25) is 13.7 Å². The Kier molecular flexibility index (Phi) is 6.95. The number of fused-ring (bicyclic) bond motifs is 2. The van der Waals surface area contributed by atoms with Gasteiger partial charge in [0.1, 0.15) is 23.8 Å². The maximum atomic E-state index is 13.7. The second kappa shape index (κ2) is 9.38. The van der Waals surface area contributed by atoms with E-state index in [1.165, 1.54) is 29.8 Å². The van der Waals surface area contributed by atoms with Crippen LogP contribution in [0.2, 0.25) is 0 Å². The number of methoxy groups -OCH3 is 1. The first kappa shape index (κ1) is 26.7. The summed E-state index contributed by atoms with van der Waals surface area (Å²) in [4.78, 5) is 31.6. The number of nitrogens with two attached hydrogens (primary N) is 1. The smallest absolute Gasteiger partial charge is 0.382 e. The van der Waals surface area contributed by atoms with Crippen molar-refractivity contribution < 1.29 is 59.8 Å². The summed E-state index contributed by atoms with van der Waals surface area (Å²) in [6, 6.07) is 0. The number of hydrogen-bond acceptors (Lipinski definition) is 14. The number of nitrogens with zero attached hydrogens (tertiary/aromatic N) is 4. The lowest BCUT2D eigenvalue weighted by Crippen LogP contribution is -2.32. The average molecular weight is 595 g/mol. The molecule has 3 aliphatic heterocycles. The van der Waals surface area contributed by atoms with Gasteiger partial charge in [0.2, 0.25) is 0 Å². The Morgan fingerprint density at radius 2 is 1.89 bits per heavy atom. The third-order valence-corrected chi connectivity index (χ3v) is 11.9. The van der Waals surface area contributed by atoms with Crippen molar-refractivity contribution in [3.8, 4) is 0 Å². The monoisotopic (exact) mass is 595 g/mol. The van der Waals surface area contributed by atoms with E-state index in [0.717, 1.165) is 0 Å². The van der Waals surface area contributed by atoms with Crippen LogP contribution in [0.25, 0.3) is 11.2 Å². The highest BCUT2D eigenvalue weighted by molar-refractivity contribution is 7.98. The lowest BCUT2D eigenvalue weighted by atomic mass is 10.1. The van der Waals surface area contributed by atoms with Crippen LogP contribution in [0.5, 0.6) is 0 Å². The second-order valence-electron chi connectivity index (χ2n) is 7.44. The quantitative estimate of drug-likeness (QED) is 0.248. The Morgan fingerprint density at radius 1 is 1.22 bits per heavy atom. The maximum absolute atomic E-state index is 13.7. The van der Waals surface area contributed by atoms with E-state index < -0.39 is 66.8 Å². The number of anilines is 1. The van der Waals surface area contributed by atoms with E-state index in [2.05, 4.69) is 23.6 Å². The normalized spacial score (nSPS) is 40.1. The molecule has 0 bridgehead atoms. The molecule has 3 aliphatic rings.